The van der Waals surface area contributed by atoms with Gasteiger partial charge in [-0.05, 0) is 56.0 Å². The Balaban J connectivity index is 1.42. The zero-order valence-electron chi connectivity index (χ0n) is 26.8. The second kappa shape index (κ2) is 12.5. The molecule has 0 radical (unpaired) electrons. The van der Waals surface area contributed by atoms with Crippen LogP contribution in [-0.2, 0) is 19.2 Å². The number of fused-ring (bicyclic) bond motifs is 4. The number of anilines is 2. The van der Waals surface area contributed by atoms with E-state index in [0.29, 0.717) is 5.56 Å². The van der Waals surface area contributed by atoms with Gasteiger partial charge in [-0.1, -0.05) is 29.8 Å². The molecule has 9 nitrogen and oxygen atoms in total. The fraction of sp³-hybridized carbons (Fsp3) is 0.306. The van der Waals surface area contributed by atoms with Gasteiger partial charge in [-0.25, -0.2) is 26.9 Å². The Morgan fingerprint density at radius 1 is 0.846 bits per heavy atom. The van der Waals surface area contributed by atoms with Crippen molar-refractivity contribution < 1.29 is 55.8 Å². The van der Waals surface area contributed by atoms with Gasteiger partial charge in [-0.15, -0.1) is 23.2 Å². The Morgan fingerprint density at radius 2 is 1.46 bits per heavy atom. The van der Waals surface area contributed by atoms with Gasteiger partial charge in [-0.3, -0.25) is 28.9 Å². The van der Waals surface area contributed by atoms with Crippen LogP contribution in [0.3, 0.4) is 0 Å². The van der Waals surface area contributed by atoms with Crippen LogP contribution in [0.4, 0.5) is 33.3 Å². The second-order valence-corrected chi connectivity index (χ2v) is 14.2. The largest absolute Gasteiger partial charge is 0.491 e. The number of amides is 4. The van der Waals surface area contributed by atoms with Gasteiger partial charge in [-0.2, -0.15) is 0 Å². The Hall–Kier alpha value is -4.66. The number of rotatable bonds is 7. The van der Waals surface area contributed by atoms with E-state index in [2.05, 4.69) is 0 Å². The smallest absolute Gasteiger partial charge is 0.258 e. The monoisotopic (exact) mass is 762 g/mol. The molecular weight excluding hydrogens is 738 g/mol. The molecule has 6 unspecified atom stereocenters. The fourth-order valence-electron chi connectivity index (χ4n) is 8.02. The van der Waals surface area contributed by atoms with Gasteiger partial charge in [0.05, 0.1) is 24.1 Å². The third-order valence-corrected chi connectivity index (χ3v) is 11.7. The van der Waals surface area contributed by atoms with E-state index in [-0.39, 0.29) is 46.3 Å². The first kappa shape index (κ1) is 35.7. The molecule has 16 heteroatoms. The number of alkyl halides is 2. The summed E-state index contributed by atoms with van der Waals surface area (Å²) in [5.41, 5.74) is -1.08. The van der Waals surface area contributed by atoms with Gasteiger partial charge in [0.25, 0.3) is 11.8 Å². The molecule has 6 atom stereocenters. The van der Waals surface area contributed by atoms with Crippen LogP contribution in [0, 0.1) is 46.8 Å². The Labute approximate surface area is 301 Å². The number of hydrogen-bond acceptors (Lipinski definition) is 7. The molecule has 52 heavy (non-hydrogen) atoms. The zero-order chi connectivity index (χ0) is 37.6. The van der Waals surface area contributed by atoms with E-state index in [4.69, 9.17) is 27.9 Å². The minimum Gasteiger partial charge on any atom is -0.491 e. The van der Waals surface area contributed by atoms with Crippen LogP contribution < -0.4 is 14.5 Å². The van der Waals surface area contributed by atoms with Crippen molar-refractivity contribution in [3.8, 4) is 5.75 Å². The lowest BCUT2D eigenvalue weighted by atomic mass is 9.56. The molecule has 3 fully saturated rings. The third-order valence-electron chi connectivity index (χ3n) is 10.3. The number of allylic oxidation sites excluding steroid dienone is 2. The summed E-state index contributed by atoms with van der Waals surface area (Å²) in [5.74, 6) is -22.0. The number of carbonyl (C=O) groups is 5. The first-order valence-electron chi connectivity index (χ1n) is 15.9. The lowest BCUT2D eigenvalue weighted by Gasteiger charge is -2.50. The van der Waals surface area contributed by atoms with Crippen LogP contribution in [0.2, 0.25) is 0 Å². The van der Waals surface area contributed by atoms with Gasteiger partial charge >= 0.3 is 0 Å². The first-order chi connectivity index (χ1) is 24.6. The number of aliphatic hydroxyl groups excluding tert-OH is 1. The van der Waals surface area contributed by atoms with E-state index >= 15 is 8.78 Å². The fourth-order valence-corrected chi connectivity index (χ4v) is 8.94. The number of benzene rings is 3. The SMILES string of the molecule is CC(=O)c1ccc(N2C(=O)C3CC=C4C(CC5(Cl)C(=O)N(c6c(F)c(F)c(F)c(F)c6F)C(=O)C5(Cl)C4c4ccccc4OCCO)C3C2=O)cc1. The van der Waals surface area contributed by atoms with Gasteiger partial charge in [0.2, 0.25) is 17.6 Å². The van der Waals surface area contributed by atoms with Crippen molar-refractivity contribution in [3.05, 3.63) is 100 Å². The number of ketones is 1. The highest BCUT2D eigenvalue weighted by Gasteiger charge is 2.77. The molecule has 3 aromatic carbocycles. The van der Waals surface area contributed by atoms with Gasteiger partial charge < -0.3 is 9.84 Å². The highest BCUT2D eigenvalue weighted by Crippen LogP contribution is 2.66. The molecule has 2 aliphatic carbocycles. The van der Waals surface area contributed by atoms with Crippen molar-refractivity contribution in [2.75, 3.05) is 23.0 Å². The van der Waals surface area contributed by atoms with E-state index in [0.717, 1.165) is 4.90 Å². The van der Waals surface area contributed by atoms with Gasteiger partial charge in [0, 0.05) is 17.0 Å². The van der Waals surface area contributed by atoms with E-state index in [1.54, 1.807) is 6.08 Å². The van der Waals surface area contributed by atoms with Crippen molar-refractivity contribution >= 4 is 64.0 Å². The lowest BCUT2D eigenvalue weighted by molar-refractivity contribution is -0.125. The summed E-state index contributed by atoms with van der Waals surface area (Å²) in [6.45, 7) is 0.632. The number of aliphatic hydroxyl groups is 1. The quantitative estimate of drug-likeness (QED) is 0.0622. The number of Topliss-reactive ketones (excluding diaryl/α,β-unsaturated/α-hetero) is 1. The number of hydrogen-bond donors (Lipinski definition) is 1. The Kier molecular flexibility index (Phi) is 8.58. The second-order valence-electron chi connectivity index (χ2n) is 12.9. The molecule has 3 aromatic rings. The molecular formula is C36H25Cl2F5N2O7. The number of imide groups is 2. The number of nitrogens with zero attached hydrogens (tertiary/aromatic N) is 2. The minimum absolute atomic E-state index is 0.0280. The first-order valence-corrected chi connectivity index (χ1v) is 16.7. The average molecular weight is 763 g/mol. The molecule has 2 aliphatic heterocycles. The Bertz CT molecular complexity index is 2120. The predicted octanol–water partition coefficient (Wildman–Crippen LogP) is 5.72. The summed E-state index contributed by atoms with van der Waals surface area (Å²) in [5, 5.41) is 9.49. The summed E-state index contributed by atoms with van der Waals surface area (Å²) >= 11 is 14.3. The van der Waals surface area contributed by atoms with Crippen LogP contribution in [0.15, 0.2) is 60.2 Å². The van der Waals surface area contributed by atoms with Crippen LogP contribution in [-0.4, -0.2) is 57.5 Å². The average Bonchev–Trinajstić information content (AvgIpc) is 3.47. The predicted molar refractivity (Wildman–Crippen MR) is 174 cm³/mol. The van der Waals surface area contributed by atoms with Gasteiger partial charge in [0.1, 0.15) is 18.0 Å². The molecule has 1 saturated carbocycles. The standard InChI is InChI=1S/C36H25Cl2F5N2O7/c1-15(47)16-6-8-17(9-7-16)44-31(48)20-11-10-18-21(23(20)32(44)49)14-35(37)33(50)45(30-28(42)26(40)25(39)27(41)29(30)43)34(51)36(35,38)24(18)19-4-2-3-5-22(19)52-13-12-46/h2-10,20-21,23-24,46H,11-14H2,1H3. The number of halogens is 7. The summed E-state index contributed by atoms with van der Waals surface area (Å²) in [4.78, 5) is 64.1. The summed E-state index contributed by atoms with van der Waals surface area (Å²) < 4.78 is 79.3. The number of para-hydroxylation sites is 1. The highest BCUT2D eigenvalue weighted by molar-refractivity contribution is 6.58. The normalized spacial score (nSPS) is 28.1. The maximum absolute atomic E-state index is 15.3. The number of ether oxygens (including phenoxy) is 1. The summed E-state index contributed by atoms with van der Waals surface area (Å²) in [7, 11) is 0. The van der Waals surface area contributed by atoms with Crippen LogP contribution in [0.25, 0.3) is 0 Å². The van der Waals surface area contributed by atoms with Crippen molar-refractivity contribution in [2.24, 2.45) is 17.8 Å². The Morgan fingerprint density at radius 3 is 2.08 bits per heavy atom. The zero-order valence-corrected chi connectivity index (χ0v) is 28.3. The molecule has 0 spiro atoms. The van der Waals surface area contributed by atoms with Crippen molar-refractivity contribution in [3.63, 3.8) is 0 Å². The molecule has 2 saturated heterocycles. The van der Waals surface area contributed by atoms with Gasteiger partial charge in [0.15, 0.2) is 38.8 Å². The lowest BCUT2D eigenvalue weighted by Crippen LogP contribution is -2.60. The molecule has 7 rings (SSSR count). The highest BCUT2D eigenvalue weighted by atomic mass is 35.5. The van der Waals surface area contributed by atoms with Crippen molar-refractivity contribution in [1.29, 1.82) is 0 Å². The van der Waals surface area contributed by atoms with E-state index in [1.165, 1.54) is 55.5 Å². The van der Waals surface area contributed by atoms with E-state index in [9.17, 15) is 42.3 Å². The van der Waals surface area contributed by atoms with Crippen LogP contribution >= 0.6 is 23.2 Å². The topological polar surface area (TPSA) is 121 Å². The molecule has 4 amide bonds. The van der Waals surface area contributed by atoms with Crippen LogP contribution in [0.1, 0.15) is 41.6 Å². The molecule has 4 aliphatic rings. The van der Waals surface area contributed by atoms with E-state index in [1.807, 2.05) is 0 Å². The summed E-state index contributed by atoms with van der Waals surface area (Å²) in [6.07, 6.45) is 0.825. The maximum Gasteiger partial charge on any atom is 0.258 e. The van der Waals surface area contributed by atoms with Crippen molar-refractivity contribution in [2.45, 2.75) is 35.4 Å². The third kappa shape index (κ3) is 4.73. The molecule has 0 aromatic heterocycles. The molecule has 2 heterocycles. The summed E-state index contributed by atoms with van der Waals surface area (Å²) in [6, 6.07) is 11.6. The number of carbonyl (C=O) groups excluding carboxylic acids is 5. The minimum atomic E-state index is -2.73. The van der Waals surface area contributed by atoms with E-state index < -0.39 is 105 Å². The molecule has 1 N–H and O–H groups in total. The van der Waals surface area contributed by atoms with Crippen LogP contribution in [0.5, 0.6) is 5.75 Å². The molecule has 270 valence electrons. The molecule has 0 bridgehead atoms. The van der Waals surface area contributed by atoms with Crippen molar-refractivity contribution in [1.82, 2.24) is 0 Å². The maximum atomic E-state index is 15.3.